The van der Waals surface area contributed by atoms with Gasteiger partial charge in [-0.05, 0) is 36.1 Å². The summed E-state index contributed by atoms with van der Waals surface area (Å²) in [6.45, 7) is 0. The number of imidazole rings is 1. The number of pyridine rings is 1. The lowest BCUT2D eigenvalue weighted by atomic mass is 10.1. The van der Waals surface area contributed by atoms with Gasteiger partial charge in [-0.15, -0.1) is 0 Å². The Morgan fingerprint density at radius 2 is 2.09 bits per heavy atom. The molecule has 2 heterocycles. The number of para-hydroxylation sites is 2. The molecule has 3 aromatic rings. The highest BCUT2D eigenvalue weighted by atomic mass is 16.2. The van der Waals surface area contributed by atoms with E-state index in [4.69, 9.17) is 0 Å². The van der Waals surface area contributed by atoms with Crippen molar-refractivity contribution in [3.8, 4) is 0 Å². The molecule has 0 saturated heterocycles. The average molecular weight is 306 g/mol. The van der Waals surface area contributed by atoms with Gasteiger partial charge in [-0.3, -0.25) is 14.7 Å². The summed E-state index contributed by atoms with van der Waals surface area (Å²) in [5.41, 5.74) is 3.08. The molecule has 1 fully saturated rings. The SMILES string of the molecule is CN(C(=O)[C@@H]1C[C@@H]1c1cccnc1)c1nc2ccccc2n1C. The Balaban J connectivity index is 1.58. The molecule has 0 N–H and O–H groups in total. The van der Waals surface area contributed by atoms with Crippen molar-refractivity contribution in [3.63, 3.8) is 0 Å². The molecule has 5 nitrogen and oxygen atoms in total. The Labute approximate surface area is 134 Å². The average Bonchev–Trinajstić information content (AvgIpc) is 3.33. The summed E-state index contributed by atoms with van der Waals surface area (Å²) in [5, 5.41) is 0. The number of aryl methyl sites for hydroxylation is 1. The second-order valence-electron chi connectivity index (χ2n) is 6.09. The van der Waals surface area contributed by atoms with E-state index < -0.39 is 0 Å². The van der Waals surface area contributed by atoms with Gasteiger partial charge in [0.15, 0.2) is 0 Å². The van der Waals surface area contributed by atoms with E-state index in [9.17, 15) is 4.79 Å². The molecule has 0 unspecified atom stereocenters. The summed E-state index contributed by atoms with van der Waals surface area (Å²) in [6.07, 6.45) is 4.50. The number of anilines is 1. The van der Waals surface area contributed by atoms with Crippen LogP contribution in [0.4, 0.5) is 5.95 Å². The number of carbonyl (C=O) groups excluding carboxylic acids is 1. The fourth-order valence-corrected chi connectivity index (χ4v) is 3.21. The van der Waals surface area contributed by atoms with E-state index in [1.807, 2.05) is 61.3 Å². The number of rotatable bonds is 3. The van der Waals surface area contributed by atoms with Crippen LogP contribution in [-0.2, 0) is 11.8 Å². The summed E-state index contributed by atoms with van der Waals surface area (Å²) < 4.78 is 1.97. The smallest absolute Gasteiger partial charge is 0.232 e. The summed E-state index contributed by atoms with van der Waals surface area (Å²) in [5.74, 6) is 1.13. The zero-order valence-electron chi connectivity index (χ0n) is 13.2. The second kappa shape index (κ2) is 5.19. The Morgan fingerprint density at radius 3 is 2.83 bits per heavy atom. The van der Waals surface area contributed by atoms with Crippen LogP contribution in [0.25, 0.3) is 11.0 Å². The first kappa shape index (κ1) is 13.9. The number of hydrogen-bond donors (Lipinski definition) is 0. The number of carbonyl (C=O) groups is 1. The molecule has 2 aromatic heterocycles. The first-order valence-electron chi connectivity index (χ1n) is 7.76. The van der Waals surface area contributed by atoms with Crippen LogP contribution in [0.3, 0.4) is 0 Å². The molecule has 0 spiro atoms. The van der Waals surface area contributed by atoms with E-state index >= 15 is 0 Å². The molecule has 1 aliphatic rings. The molecule has 1 amide bonds. The predicted octanol–water partition coefficient (Wildman–Crippen LogP) is 2.73. The summed E-state index contributed by atoms with van der Waals surface area (Å²) in [7, 11) is 3.75. The largest absolute Gasteiger partial charge is 0.313 e. The van der Waals surface area contributed by atoms with Gasteiger partial charge >= 0.3 is 0 Å². The van der Waals surface area contributed by atoms with Crippen LogP contribution in [0.1, 0.15) is 17.9 Å². The standard InChI is InChI=1S/C18H18N4O/c1-21-16-8-4-3-7-15(16)20-18(21)22(2)17(23)14-10-13(14)12-6-5-9-19-11-12/h3-9,11,13-14H,10H2,1-2H3/t13-,14-/m1/s1. The molecule has 0 radical (unpaired) electrons. The van der Waals surface area contributed by atoms with Gasteiger partial charge in [0.1, 0.15) is 0 Å². The number of hydrogen-bond acceptors (Lipinski definition) is 3. The van der Waals surface area contributed by atoms with E-state index in [-0.39, 0.29) is 17.7 Å². The molecule has 4 rings (SSSR count). The normalized spacial score (nSPS) is 19.7. The molecular formula is C18H18N4O. The lowest BCUT2D eigenvalue weighted by molar-refractivity contribution is -0.119. The van der Waals surface area contributed by atoms with Crippen molar-refractivity contribution in [3.05, 3.63) is 54.4 Å². The van der Waals surface area contributed by atoms with Crippen molar-refractivity contribution in [2.45, 2.75) is 12.3 Å². The van der Waals surface area contributed by atoms with Gasteiger partial charge in [0, 0.05) is 32.4 Å². The number of fused-ring (bicyclic) bond motifs is 1. The van der Waals surface area contributed by atoms with E-state index in [2.05, 4.69) is 9.97 Å². The maximum Gasteiger partial charge on any atom is 0.232 e. The highest BCUT2D eigenvalue weighted by molar-refractivity contribution is 5.97. The van der Waals surface area contributed by atoms with Crippen molar-refractivity contribution in [2.24, 2.45) is 13.0 Å². The topological polar surface area (TPSA) is 51.0 Å². The molecule has 1 saturated carbocycles. The second-order valence-corrected chi connectivity index (χ2v) is 6.09. The fourth-order valence-electron chi connectivity index (χ4n) is 3.21. The van der Waals surface area contributed by atoms with Crippen LogP contribution in [0, 0.1) is 5.92 Å². The van der Waals surface area contributed by atoms with E-state index in [1.54, 1.807) is 11.1 Å². The van der Waals surface area contributed by atoms with Crippen LogP contribution in [0.5, 0.6) is 0 Å². The fraction of sp³-hybridized carbons (Fsp3) is 0.278. The minimum absolute atomic E-state index is 0.0315. The van der Waals surface area contributed by atoms with Gasteiger partial charge in [0.2, 0.25) is 11.9 Å². The molecule has 23 heavy (non-hydrogen) atoms. The molecule has 5 heteroatoms. The van der Waals surface area contributed by atoms with Crippen molar-refractivity contribution >= 4 is 22.9 Å². The van der Waals surface area contributed by atoms with Crippen molar-refractivity contribution in [1.82, 2.24) is 14.5 Å². The lowest BCUT2D eigenvalue weighted by Gasteiger charge is -2.16. The molecule has 2 atom stereocenters. The first-order valence-corrected chi connectivity index (χ1v) is 7.76. The maximum absolute atomic E-state index is 12.8. The molecule has 0 aliphatic heterocycles. The van der Waals surface area contributed by atoms with E-state index in [1.165, 1.54) is 0 Å². The van der Waals surface area contributed by atoms with Gasteiger partial charge in [0.05, 0.1) is 11.0 Å². The highest BCUT2D eigenvalue weighted by Crippen LogP contribution is 2.48. The highest BCUT2D eigenvalue weighted by Gasteiger charge is 2.46. The first-order chi connectivity index (χ1) is 11.2. The van der Waals surface area contributed by atoms with E-state index in [0.717, 1.165) is 23.0 Å². The van der Waals surface area contributed by atoms with Crippen molar-refractivity contribution in [1.29, 1.82) is 0 Å². The Kier molecular flexibility index (Phi) is 3.15. The molecule has 116 valence electrons. The van der Waals surface area contributed by atoms with Crippen LogP contribution in [0.2, 0.25) is 0 Å². The third kappa shape index (κ3) is 2.29. The third-order valence-corrected chi connectivity index (χ3v) is 4.61. The van der Waals surface area contributed by atoms with Crippen molar-refractivity contribution < 1.29 is 4.79 Å². The number of nitrogens with zero attached hydrogens (tertiary/aromatic N) is 4. The lowest BCUT2D eigenvalue weighted by Crippen LogP contribution is -2.30. The van der Waals surface area contributed by atoms with Gasteiger partial charge in [-0.1, -0.05) is 18.2 Å². The Bertz CT molecular complexity index is 871. The van der Waals surface area contributed by atoms with Crippen molar-refractivity contribution in [2.75, 3.05) is 11.9 Å². The van der Waals surface area contributed by atoms with Crippen LogP contribution in [0.15, 0.2) is 48.8 Å². The third-order valence-electron chi connectivity index (χ3n) is 4.61. The summed E-state index contributed by atoms with van der Waals surface area (Å²) >= 11 is 0. The van der Waals surface area contributed by atoms with Crippen LogP contribution < -0.4 is 4.90 Å². The molecule has 0 bridgehead atoms. The van der Waals surface area contributed by atoms with Crippen LogP contribution in [-0.4, -0.2) is 27.5 Å². The van der Waals surface area contributed by atoms with Gasteiger partial charge < -0.3 is 4.57 Å². The summed E-state index contributed by atoms with van der Waals surface area (Å²) in [4.78, 5) is 23.2. The minimum atomic E-state index is 0.0315. The van der Waals surface area contributed by atoms with Gasteiger partial charge in [0.25, 0.3) is 0 Å². The van der Waals surface area contributed by atoms with Gasteiger partial charge in [-0.25, -0.2) is 4.98 Å². The quantitative estimate of drug-likeness (QED) is 0.747. The molecule has 1 aliphatic carbocycles. The van der Waals surface area contributed by atoms with E-state index in [0.29, 0.717) is 5.95 Å². The maximum atomic E-state index is 12.8. The number of benzene rings is 1. The Hall–Kier alpha value is -2.69. The van der Waals surface area contributed by atoms with Crippen LogP contribution >= 0.6 is 0 Å². The number of aromatic nitrogens is 3. The predicted molar refractivity (Wildman–Crippen MR) is 89.2 cm³/mol. The zero-order chi connectivity index (χ0) is 16.0. The minimum Gasteiger partial charge on any atom is -0.313 e. The monoisotopic (exact) mass is 306 g/mol. The van der Waals surface area contributed by atoms with Gasteiger partial charge in [-0.2, -0.15) is 0 Å². The summed E-state index contributed by atoms with van der Waals surface area (Å²) in [6, 6.07) is 11.9. The molecular weight excluding hydrogens is 288 g/mol. The number of amides is 1. The Morgan fingerprint density at radius 1 is 1.26 bits per heavy atom. The molecule has 1 aromatic carbocycles. The zero-order valence-corrected chi connectivity index (χ0v) is 13.2.